The number of Topliss-reactive ketones (excluding diaryl/α,β-unsaturated/α-hetero) is 1. The third-order valence-electron chi connectivity index (χ3n) is 3.14. The second-order valence-electron chi connectivity index (χ2n) is 4.54. The molecule has 0 bridgehead atoms. The molecule has 4 nitrogen and oxygen atoms in total. The predicted molar refractivity (Wildman–Crippen MR) is 78.4 cm³/mol. The molecule has 21 heavy (non-hydrogen) atoms. The van der Waals surface area contributed by atoms with Crippen LogP contribution in [0.4, 0.5) is 10.1 Å². The summed E-state index contributed by atoms with van der Waals surface area (Å²) in [5, 5.41) is 13.0. The Balaban J connectivity index is 2.25. The number of benzene rings is 2. The maximum atomic E-state index is 13.7. The second kappa shape index (κ2) is 6.26. The Labute approximate surface area is 122 Å². The van der Waals surface area contributed by atoms with Crippen LogP contribution in [-0.2, 0) is 6.54 Å². The second-order valence-corrected chi connectivity index (χ2v) is 4.54. The fourth-order valence-electron chi connectivity index (χ4n) is 2.09. The van der Waals surface area contributed by atoms with E-state index >= 15 is 0 Å². The molecule has 0 aliphatic heterocycles. The normalized spacial score (nSPS) is 10.2. The Morgan fingerprint density at radius 1 is 1.29 bits per heavy atom. The third kappa shape index (κ3) is 3.13. The minimum Gasteiger partial charge on any atom is -0.504 e. The summed E-state index contributed by atoms with van der Waals surface area (Å²) in [5.74, 6) is -0.540. The number of aromatic hydroxyl groups is 1. The number of nitrogens with one attached hydrogen (secondary N) is 1. The van der Waals surface area contributed by atoms with E-state index in [1.807, 2.05) is 0 Å². The number of halogens is 1. The van der Waals surface area contributed by atoms with Crippen molar-refractivity contribution < 1.29 is 19.0 Å². The number of hydrogen-bond donors (Lipinski definition) is 2. The first-order valence-corrected chi connectivity index (χ1v) is 6.42. The smallest absolute Gasteiger partial charge is 0.164 e. The molecule has 5 heteroatoms. The highest BCUT2D eigenvalue weighted by molar-refractivity contribution is 5.99. The molecule has 2 aromatic rings. The number of ether oxygens (including phenoxy) is 1. The molecule has 0 spiro atoms. The molecule has 0 aliphatic carbocycles. The topological polar surface area (TPSA) is 58.6 Å². The van der Waals surface area contributed by atoms with Gasteiger partial charge in [0.2, 0.25) is 0 Å². The van der Waals surface area contributed by atoms with Crippen LogP contribution < -0.4 is 10.1 Å². The largest absolute Gasteiger partial charge is 0.504 e. The number of ketones is 1. The number of methoxy groups -OCH3 is 1. The van der Waals surface area contributed by atoms with Gasteiger partial charge in [-0.25, -0.2) is 4.39 Å². The molecular formula is C16H16FNO3. The first-order chi connectivity index (χ1) is 10.0. The first kappa shape index (κ1) is 14.8. The maximum absolute atomic E-state index is 13.7. The van der Waals surface area contributed by atoms with Gasteiger partial charge in [0, 0.05) is 17.8 Å². The Kier molecular flexibility index (Phi) is 4.42. The van der Waals surface area contributed by atoms with Crippen LogP contribution in [0.1, 0.15) is 22.8 Å². The van der Waals surface area contributed by atoms with Crippen molar-refractivity contribution in [1.82, 2.24) is 0 Å². The lowest BCUT2D eigenvalue weighted by molar-refractivity contribution is 0.101. The lowest BCUT2D eigenvalue weighted by Gasteiger charge is -2.13. The van der Waals surface area contributed by atoms with Crippen LogP contribution in [0, 0.1) is 5.82 Å². The van der Waals surface area contributed by atoms with Crippen LogP contribution in [0.2, 0.25) is 0 Å². The van der Waals surface area contributed by atoms with Crippen molar-refractivity contribution in [1.29, 1.82) is 0 Å². The molecule has 0 atom stereocenters. The average Bonchev–Trinajstić information content (AvgIpc) is 2.45. The summed E-state index contributed by atoms with van der Waals surface area (Å²) in [5.41, 5.74) is 0.998. The molecule has 0 fully saturated rings. The van der Waals surface area contributed by atoms with E-state index in [2.05, 4.69) is 5.32 Å². The highest BCUT2D eigenvalue weighted by Gasteiger charge is 2.13. The first-order valence-electron chi connectivity index (χ1n) is 6.42. The quantitative estimate of drug-likeness (QED) is 0.829. The summed E-state index contributed by atoms with van der Waals surface area (Å²) in [6.45, 7) is 1.55. The summed E-state index contributed by atoms with van der Waals surface area (Å²) in [4.78, 5) is 11.5. The summed E-state index contributed by atoms with van der Waals surface area (Å²) in [6, 6.07) is 9.49. The van der Waals surface area contributed by atoms with Gasteiger partial charge in [0.1, 0.15) is 5.82 Å². The third-order valence-corrected chi connectivity index (χ3v) is 3.14. The molecule has 2 rings (SSSR count). The number of para-hydroxylation sites is 1. The number of rotatable bonds is 5. The number of hydrogen-bond acceptors (Lipinski definition) is 4. The molecule has 0 unspecified atom stereocenters. The van der Waals surface area contributed by atoms with Gasteiger partial charge in [-0.05, 0) is 25.1 Å². The number of phenols is 1. The van der Waals surface area contributed by atoms with Gasteiger partial charge in [0.15, 0.2) is 17.3 Å². The van der Waals surface area contributed by atoms with E-state index in [1.165, 1.54) is 26.2 Å². The summed E-state index contributed by atoms with van der Waals surface area (Å²) < 4.78 is 18.7. The van der Waals surface area contributed by atoms with Gasteiger partial charge in [-0.1, -0.05) is 18.2 Å². The van der Waals surface area contributed by atoms with E-state index in [1.54, 1.807) is 24.3 Å². The van der Waals surface area contributed by atoms with Crippen LogP contribution in [0.3, 0.4) is 0 Å². The van der Waals surface area contributed by atoms with Gasteiger partial charge < -0.3 is 15.2 Å². The van der Waals surface area contributed by atoms with Gasteiger partial charge in [0.05, 0.1) is 12.7 Å². The lowest BCUT2D eigenvalue weighted by Crippen LogP contribution is -2.07. The van der Waals surface area contributed by atoms with E-state index in [4.69, 9.17) is 4.74 Å². The fourth-order valence-corrected chi connectivity index (χ4v) is 2.09. The van der Waals surface area contributed by atoms with E-state index in [9.17, 15) is 14.3 Å². The Bertz CT molecular complexity index is 671. The number of carbonyl (C=O) groups excluding carboxylic acids is 1. The Morgan fingerprint density at radius 3 is 2.67 bits per heavy atom. The molecule has 0 radical (unpaired) electrons. The molecule has 2 aromatic carbocycles. The molecule has 0 saturated carbocycles. The molecule has 0 amide bonds. The van der Waals surface area contributed by atoms with Gasteiger partial charge in [-0.3, -0.25) is 4.79 Å². The predicted octanol–water partition coefficient (Wildman–Crippen LogP) is 3.35. The van der Waals surface area contributed by atoms with Crippen molar-refractivity contribution in [2.45, 2.75) is 13.5 Å². The van der Waals surface area contributed by atoms with Crippen molar-refractivity contribution >= 4 is 11.5 Å². The zero-order valence-electron chi connectivity index (χ0n) is 11.8. The van der Waals surface area contributed by atoms with Crippen molar-refractivity contribution in [3.8, 4) is 11.5 Å². The van der Waals surface area contributed by atoms with Crippen LogP contribution in [0.15, 0.2) is 36.4 Å². The van der Waals surface area contributed by atoms with Gasteiger partial charge in [0.25, 0.3) is 0 Å². The summed E-state index contributed by atoms with van der Waals surface area (Å²) in [7, 11) is 1.46. The SMILES string of the molecule is COc1cccc(CNc2cccc(F)c2C(C)=O)c1O. The van der Waals surface area contributed by atoms with Crippen LogP contribution in [0.25, 0.3) is 0 Å². The highest BCUT2D eigenvalue weighted by atomic mass is 19.1. The van der Waals surface area contributed by atoms with E-state index in [-0.39, 0.29) is 23.6 Å². The van der Waals surface area contributed by atoms with Crippen LogP contribution in [-0.4, -0.2) is 18.0 Å². The van der Waals surface area contributed by atoms with E-state index in [0.717, 1.165) is 0 Å². The molecule has 0 aliphatic rings. The van der Waals surface area contributed by atoms with Crippen molar-refractivity contribution in [2.75, 3.05) is 12.4 Å². The zero-order valence-corrected chi connectivity index (χ0v) is 11.8. The minimum atomic E-state index is -0.567. The molecule has 0 heterocycles. The van der Waals surface area contributed by atoms with Crippen molar-refractivity contribution in [3.63, 3.8) is 0 Å². The van der Waals surface area contributed by atoms with Crippen molar-refractivity contribution in [2.24, 2.45) is 0 Å². The summed E-state index contributed by atoms with van der Waals surface area (Å²) in [6.07, 6.45) is 0. The standard InChI is InChI=1S/C16H16FNO3/c1-10(19)15-12(17)6-4-7-13(15)18-9-11-5-3-8-14(21-2)16(11)20/h3-8,18,20H,9H2,1-2H3. The average molecular weight is 289 g/mol. The monoisotopic (exact) mass is 289 g/mol. The summed E-state index contributed by atoms with van der Waals surface area (Å²) >= 11 is 0. The van der Waals surface area contributed by atoms with Gasteiger partial charge >= 0.3 is 0 Å². The maximum Gasteiger partial charge on any atom is 0.164 e. The molecule has 2 N–H and O–H groups in total. The van der Waals surface area contributed by atoms with Gasteiger partial charge in [-0.15, -0.1) is 0 Å². The minimum absolute atomic E-state index is 0.0138. The zero-order chi connectivity index (χ0) is 15.4. The van der Waals surface area contributed by atoms with E-state index in [0.29, 0.717) is 17.0 Å². The fraction of sp³-hybridized carbons (Fsp3) is 0.188. The van der Waals surface area contributed by atoms with Crippen LogP contribution >= 0.6 is 0 Å². The van der Waals surface area contributed by atoms with E-state index < -0.39 is 5.82 Å². The lowest BCUT2D eigenvalue weighted by atomic mass is 10.1. The highest BCUT2D eigenvalue weighted by Crippen LogP contribution is 2.30. The van der Waals surface area contributed by atoms with Crippen LogP contribution in [0.5, 0.6) is 11.5 Å². The Morgan fingerprint density at radius 2 is 2.00 bits per heavy atom. The molecule has 110 valence electrons. The van der Waals surface area contributed by atoms with Crippen molar-refractivity contribution in [3.05, 3.63) is 53.3 Å². The molecule has 0 saturated heterocycles. The molecular weight excluding hydrogens is 273 g/mol. The molecule has 0 aromatic heterocycles. The number of phenolic OH excluding ortho intramolecular Hbond substituents is 1. The van der Waals surface area contributed by atoms with Gasteiger partial charge in [-0.2, -0.15) is 0 Å². The number of anilines is 1. The Hall–Kier alpha value is -2.56. The number of carbonyl (C=O) groups is 1.